The third-order valence-electron chi connectivity index (χ3n) is 5.08. The van der Waals surface area contributed by atoms with Crippen LogP contribution in [0.25, 0.3) is 0 Å². The molecule has 1 atom stereocenters. The van der Waals surface area contributed by atoms with Crippen molar-refractivity contribution < 1.29 is 14.3 Å². The summed E-state index contributed by atoms with van der Waals surface area (Å²) >= 11 is 0. The van der Waals surface area contributed by atoms with Crippen molar-refractivity contribution in [1.29, 1.82) is 0 Å². The van der Waals surface area contributed by atoms with Crippen LogP contribution in [0.15, 0.2) is 54.6 Å². The molecule has 0 saturated heterocycles. The Morgan fingerprint density at radius 1 is 1.03 bits per heavy atom. The average Bonchev–Trinajstić information content (AvgIpc) is 3.25. The molecule has 2 aromatic carbocycles. The summed E-state index contributed by atoms with van der Waals surface area (Å²) in [6, 6.07) is 16.1. The molecule has 1 amide bonds. The maximum Gasteiger partial charge on any atom is 0.221 e. The molecule has 32 heavy (non-hydrogen) atoms. The van der Waals surface area contributed by atoms with Gasteiger partial charge in [-0.1, -0.05) is 50.1 Å². The molecule has 0 aliphatic carbocycles. The topological polar surface area (TPSA) is 97.0 Å². The molecule has 0 spiro atoms. The number of nitrogens with zero attached hydrogens (tertiary/aromatic N) is 2. The molecule has 1 heterocycles. The number of H-pyrrole nitrogens is 1. The highest BCUT2D eigenvalue weighted by Crippen LogP contribution is 2.19. The number of Topliss-reactive ketones (excluding diaryl/α,β-unsaturated/α-hetero) is 1. The molecule has 2 N–H and O–H groups in total. The summed E-state index contributed by atoms with van der Waals surface area (Å²) in [7, 11) is 0. The zero-order valence-electron chi connectivity index (χ0n) is 18.6. The van der Waals surface area contributed by atoms with Gasteiger partial charge in [0.1, 0.15) is 17.6 Å². The van der Waals surface area contributed by atoms with Gasteiger partial charge in [0.2, 0.25) is 5.91 Å². The van der Waals surface area contributed by atoms with Gasteiger partial charge in [-0.2, -0.15) is 5.10 Å². The number of aromatic amines is 1. The molecule has 0 saturated carbocycles. The number of benzene rings is 2. The highest BCUT2D eigenvalue weighted by Gasteiger charge is 2.21. The average molecular weight is 435 g/mol. The standard InChI is InChI=1S/C25H30N4O3/c1-3-4-8-17-32-21-13-11-19(12-14-21)22(30)15-16-23(31)27-24(20-9-6-5-7-10-20)25-26-18(2)28-29-25/h5-7,9-14,24H,3-4,8,15-17H2,1-2H3,(H,27,31)(H,26,28,29). The van der Waals surface area contributed by atoms with Gasteiger partial charge < -0.3 is 10.1 Å². The predicted molar refractivity (Wildman–Crippen MR) is 123 cm³/mol. The van der Waals surface area contributed by atoms with Crippen molar-refractivity contribution in [2.75, 3.05) is 6.61 Å². The smallest absolute Gasteiger partial charge is 0.221 e. The first kappa shape index (κ1) is 23.2. The fourth-order valence-corrected chi connectivity index (χ4v) is 3.32. The molecular formula is C25H30N4O3. The zero-order chi connectivity index (χ0) is 22.8. The third-order valence-corrected chi connectivity index (χ3v) is 5.08. The number of hydrogen-bond donors (Lipinski definition) is 2. The van der Waals surface area contributed by atoms with Crippen LogP contribution in [0.4, 0.5) is 0 Å². The lowest BCUT2D eigenvalue weighted by Gasteiger charge is -2.16. The lowest BCUT2D eigenvalue weighted by molar-refractivity contribution is -0.121. The van der Waals surface area contributed by atoms with Crippen LogP contribution in [0.3, 0.4) is 0 Å². The molecule has 0 fully saturated rings. The van der Waals surface area contributed by atoms with Crippen molar-refractivity contribution in [1.82, 2.24) is 20.5 Å². The van der Waals surface area contributed by atoms with Gasteiger partial charge in [0, 0.05) is 18.4 Å². The summed E-state index contributed by atoms with van der Waals surface area (Å²) in [5.74, 6) is 1.60. The van der Waals surface area contributed by atoms with Crippen LogP contribution in [0.5, 0.6) is 5.75 Å². The number of carbonyl (C=O) groups excluding carboxylic acids is 2. The van der Waals surface area contributed by atoms with Gasteiger partial charge in [0.25, 0.3) is 0 Å². The number of aromatic nitrogens is 3. The van der Waals surface area contributed by atoms with Crippen LogP contribution >= 0.6 is 0 Å². The van der Waals surface area contributed by atoms with Crippen molar-refractivity contribution >= 4 is 11.7 Å². The van der Waals surface area contributed by atoms with Crippen molar-refractivity contribution in [3.8, 4) is 5.75 Å². The van der Waals surface area contributed by atoms with E-state index in [9.17, 15) is 9.59 Å². The van der Waals surface area contributed by atoms with Crippen LogP contribution in [0.2, 0.25) is 0 Å². The SMILES string of the molecule is CCCCCOc1ccc(C(=O)CCC(=O)NC(c2ccccc2)c2n[nH]c(C)n2)cc1. The number of amides is 1. The summed E-state index contributed by atoms with van der Waals surface area (Å²) in [6.45, 7) is 4.63. The molecule has 168 valence electrons. The number of unbranched alkanes of at least 4 members (excludes halogenated alkanes) is 2. The number of aryl methyl sites for hydroxylation is 1. The summed E-state index contributed by atoms with van der Waals surface area (Å²) < 4.78 is 5.68. The van der Waals surface area contributed by atoms with Crippen LogP contribution in [-0.4, -0.2) is 33.5 Å². The molecule has 0 aliphatic rings. The van der Waals surface area contributed by atoms with E-state index in [1.54, 1.807) is 31.2 Å². The highest BCUT2D eigenvalue weighted by atomic mass is 16.5. The Morgan fingerprint density at radius 3 is 2.44 bits per heavy atom. The van der Waals surface area contributed by atoms with Gasteiger partial charge in [-0.25, -0.2) is 4.98 Å². The first-order valence-electron chi connectivity index (χ1n) is 11.1. The summed E-state index contributed by atoms with van der Waals surface area (Å²) in [4.78, 5) is 29.5. The van der Waals surface area contributed by atoms with E-state index in [0.717, 1.165) is 30.6 Å². The number of ketones is 1. The first-order chi connectivity index (χ1) is 15.6. The fourth-order valence-electron chi connectivity index (χ4n) is 3.32. The molecule has 7 heteroatoms. The minimum atomic E-state index is -0.479. The second-order valence-electron chi connectivity index (χ2n) is 7.69. The zero-order valence-corrected chi connectivity index (χ0v) is 18.6. The van der Waals surface area contributed by atoms with E-state index < -0.39 is 6.04 Å². The highest BCUT2D eigenvalue weighted by molar-refractivity contribution is 5.98. The number of hydrogen-bond acceptors (Lipinski definition) is 5. The summed E-state index contributed by atoms with van der Waals surface area (Å²) in [5, 5.41) is 9.97. The Bertz CT molecular complexity index is 1000. The van der Waals surface area contributed by atoms with E-state index in [1.165, 1.54) is 0 Å². The normalized spacial score (nSPS) is 11.7. The molecule has 3 rings (SSSR count). The van der Waals surface area contributed by atoms with Crippen LogP contribution in [0.1, 0.15) is 72.6 Å². The Morgan fingerprint density at radius 2 is 1.78 bits per heavy atom. The fraction of sp³-hybridized carbons (Fsp3) is 0.360. The van der Waals surface area contributed by atoms with Gasteiger partial charge in [-0.15, -0.1) is 0 Å². The lowest BCUT2D eigenvalue weighted by atomic mass is 10.0. The van der Waals surface area contributed by atoms with E-state index in [1.807, 2.05) is 30.3 Å². The minimum absolute atomic E-state index is 0.0808. The number of nitrogens with one attached hydrogen (secondary N) is 2. The Balaban J connectivity index is 1.54. The minimum Gasteiger partial charge on any atom is -0.494 e. The van der Waals surface area contributed by atoms with E-state index in [4.69, 9.17) is 4.74 Å². The monoisotopic (exact) mass is 434 g/mol. The van der Waals surface area contributed by atoms with E-state index in [-0.39, 0.29) is 24.5 Å². The maximum atomic E-state index is 12.6. The molecule has 1 unspecified atom stereocenters. The number of ether oxygens (including phenoxy) is 1. The lowest BCUT2D eigenvalue weighted by Crippen LogP contribution is -2.30. The Kier molecular flexibility index (Phi) is 8.54. The van der Waals surface area contributed by atoms with Gasteiger partial charge in [-0.3, -0.25) is 14.7 Å². The number of rotatable bonds is 12. The summed E-state index contributed by atoms with van der Waals surface area (Å²) in [6.07, 6.45) is 3.51. The van der Waals surface area contributed by atoms with E-state index in [0.29, 0.717) is 23.8 Å². The second-order valence-corrected chi connectivity index (χ2v) is 7.69. The quantitative estimate of drug-likeness (QED) is 0.322. The molecule has 1 aromatic heterocycles. The van der Waals surface area contributed by atoms with Gasteiger partial charge >= 0.3 is 0 Å². The van der Waals surface area contributed by atoms with Crippen molar-refractivity contribution in [3.63, 3.8) is 0 Å². The third kappa shape index (κ3) is 6.77. The van der Waals surface area contributed by atoms with Crippen LogP contribution < -0.4 is 10.1 Å². The maximum absolute atomic E-state index is 12.6. The largest absolute Gasteiger partial charge is 0.494 e. The first-order valence-corrected chi connectivity index (χ1v) is 11.1. The van der Waals surface area contributed by atoms with Crippen LogP contribution in [0, 0.1) is 6.92 Å². The van der Waals surface area contributed by atoms with Crippen molar-refractivity contribution in [2.24, 2.45) is 0 Å². The van der Waals surface area contributed by atoms with E-state index in [2.05, 4.69) is 27.4 Å². The van der Waals surface area contributed by atoms with Crippen molar-refractivity contribution in [3.05, 3.63) is 77.4 Å². The molecular weight excluding hydrogens is 404 g/mol. The van der Waals surface area contributed by atoms with Crippen molar-refractivity contribution in [2.45, 2.75) is 52.0 Å². The molecule has 0 aliphatic heterocycles. The second kappa shape index (κ2) is 11.8. The molecule has 0 bridgehead atoms. The number of carbonyl (C=O) groups is 2. The van der Waals surface area contributed by atoms with Crippen LogP contribution in [-0.2, 0) is 4.79 Å². The molecule has 3 aromatic rings. The molecule has 7 nitrogen and oxygen atoms in total. The summed E-state index contributed by atoms with van der Waals surface area (Å²) in [5.41, 5.74) is 1.45. The van der Waals surface area contributed by atoms with Gasteiger partial charge in [-0.05, 0) is 43.2 Å². The Hall–Kier alpha value is -3.48. The van der Waals surface area contributed by atoms with E-state index >= 15 is 0 Å². The predicted octanol–water partition coefficient (Wildman–Crippen LogP) is 4.55. The van der Waals surface area contributed by atoms with Gasteiger partial charge in [0.15, 0.2) is 11.6 Å². The Labute approximate surface area is 188 Å². The van der Waals surface area contributed by atoms with Gasteiger partial charge in [0.05, 0.1) is 6.61 Å². The molecule has 0 radical (unpaired) electrons.